The average Bonchev–Trinajstić information content (AvgIpc) is 2.47. The number of ether oxygens (including phenoxy) is 1. The Morgan fingerprint density at radius 2 is 1.77 bits per heavy atom. The zero-order chi connectivity index (χ0) is 15.9. The van der Waals surface area contributed by atoms with Gasteiger partial charge in [-0.25, -0.2) is 4.79 Å². The van der Waals surface area contributed by atoms with Crippen LogP contribution in [0.3, 0.4) is 0 Å². The lowest BCUT2D eigenvalue weighted by molar-refractivity contribution is -0.115. The van der Waals surface area contributed by atoms with Crippen LogP contribution in [0.25, 0.3) is 0 Å². The largest absolute Gasteiger partial charge is 0.459 e. The second-order valence-corrected chi connectivity index (χ2v) is 5.25. The minimum atomic E-state index is -0.394. The quantitative estimate of drug-likeness (QED) is 0.860. The zero-order valence-electron chi connectivity index (χ0n) is 12.7. The molecule has 0 aliphatic carbocycles. The number of benzene rings is 2. The highest BCUT2D eigenvalue weighted by atomic mass is 16.5. The summed E-state index contributed by atoms with van der Waals surface area (Å²) < 4.78 is 5.14. The highest BCUT2D eigenvalue weighted by molar-refractivity contribution is 5.95. The van der Waals surface area contributed by atoms with Crippen molar-refractivity contribution in [2.75, 3.05) is 5.32 Å². The summed E-state index contributed by atoms with van der Waals surface area (Å²) in [5.41, 5.74) is 1.95. The van der Waals surface area contributed by atoms with Crippen molar-refractivity contribution in [2.45, 2.75) is 26.4 Å². The van der Waals surface area contributed by atoms with E-state index < -0.39 is 5.97 Å². The van der Waals surface area contributed by atoms with Crippen LogP contribution in [-0.2, 0) is 16.0 Å². The van der Waals surface area contributed by atoms with E-state index in [0.717, 1.165) is 5.56 Å². The number of hydrogen-bond acceptors (Lipinski definition) is 3. The van der Waals surface area contributed by atoms with E-state index in [4.69, 9.17) is 4.74 Å². The second kappa shape index (κ2) is 7.41. The highest BCUT2D eigenvalue weighted by Crippen LogP contribution is 2.13. The van der Waals surface area contributed by atoms with Gasteiger partial charge < -0.3 is 10.1 Å². The topological polar surface area (TPSA) is 55.4 Å². The molecule has 0 spiro atoms. The molecule has 2 aromatic carbocycles. The van der Waals surface area contributed by atoms with E-state index in [9.17, 15) is 9.59 Å². The Hall–Kier alpha value is -2.62. The van der Waals surface area contributed by atoms with Gasteiger partial charge in [0.1, 0.15) is 0 Å². The number of anilines is 1. The Labute approximate surface area is 130 Å². The van der Waals surface area contributed by atoms with Crippen molar-refractivity contribution >= 4 is 17.6 Å². The van der Waals surface area contributed by atoms with E-state index in [2.05, 4.69) is 5.32 Å². The summed E-state index contributed by atoms with van der Waals surface area (Å²) in [6.45, 7) is 3.59. The lowest BCUT2D eigenvalue weighted by Crippen LogP contribution is -2.15. The van der Waals surface area contributed by atoms with E-state index in [1.165, 1.54) is 0 Å². The molecular weight excluding hydrogens is 278 g/mol. The molecule has 0 unspecified atom stereocenters. The zero-order valence-corrected chi connectivity index (χ0v) is 12.7. The fourth-order valence-corrected chi connectivity index (χ4v) is 1.99. The minimum Gasteiger partial charge on any atom is -0.459 e. The summed E-state index contributed by atoms with van der Waals surface area (Å²) in [5, 5.41) is 2.79. The van der Waals surface area contributed by atoms with Gasteiger partial charge in [0, 0.05) is 5.69 Å². The molecule has 0 saturated carbocycles. The predicted octanol–water partition coefficient (Wildman–Crippen LogP) is 3.43. The van der Waals surface area contributed by atoms with E-state index in [1.54, 1.807) is 38.1 Å². The standard InChI is InChI=1S/C18H19NO3/c1-13(2)22-18(21)15-9-6-10-16(12-15)19-17(20)11-14-7-4-3-5-8-14/h3-10,12-13H,11H2,1-2H3,(H,19,20). The first kappa shape index (κ1) is 15.8. The number of carbonyl (C=O) groups excluding carboxylic acids is 2. The molecule has 2 aromatic rings. The maximum atomic E-state index is 12.0. The fraction of sp³-hybridized carbons (Fsp3) is 0.222. The molecule has 0 aliphatic rings. The summed E-state index contributed by atoms with van der Waals surface area (Å²) in [6.07, 6.45) is 0.116. The van der Waals surface area contributed by atoms with Crippen LogP contribution in [0, 0.1) is 0 Å². The molecule has 4 nitrogen and oxygen atoms in total. The maximum Gasteiger partial charge on any atom is 0.338 e. The molecule has 0 atom stereocenters. The first-order valence-corrected chi connectivity index (χ1v) is 7.19. The molecule has 114 valence electrons. The lowest BCUT2D eigenvalue weighted by atomic mass is 10.1. The first-order valence-electron chi connectivity index (χ1n) is 7.19. The molecule has 0 bridgehead atoms. The van der Waals surface area contributed by atoms with E-state index in [1.807, 2.05) is 30.3 Å². The van der Waals surface area contributed by atoms with Crippen LogP contribution in [0.1, 0.15) is 29.8 Å². The molecule has 1 amide bonds. The molecule has 1 N–H and O–H groups in total. The van der Waals surface area contributed by atoms with E-state index >= 15 is 0 Å². The summed E-state index contributed by atoms with van der Waals surface area (Å²) in [5.74, 6) is -0.519. The van der Waals surface area contributed by atoms with Gasteiger partial charge in [0.05, 0.1) is 18.1 Å². The highest BCUT2D eigenvalue weighted by Gasteiger charge is 2.10. The summed E-state index contributed by atoms with van der Waals surface area (Å²) in [7, 11) is 0. The van der Waals surface area contributed by atoms with Gasteiger partial charge in [0.2, 0.25) is 5.91 Å². The number of esters is 1. The van der Waals surface area contributed by atoms with Gasteiger partial charge in [0.25, 0.3) is 0 Å². The number of carbonyl (C=O) groups is 2. The van der Waals surface area contributed by atoms with Crippen LogP contribution in [0.4, 0.5) is 5.69 Å². The normalized spacial score (nSPS) is 10.3. The Balaban J connectivity index is 2.01. The van der Waals surface area contributed by atoms with Gasteiger partial charge >= 0.3 is 5.97 Å². The number of hydrogen-bond donors (Lipinski definition) is 1. The molecule has 0 saturated heterocycles. The van der Waals surface area contributed by atoms with Crippen LogP contribution in [0.5, 0.6) is 0 Å². The van der Waals surface area contributed by atoms with Crippen molar-refractivity contribution in [3.8, 4) is 0 Å². The number of nitrogens with one attached hydrogen (secondary N) is 1. The Bertz CT molecular complexity index is 650. The molecule has 0 aliphatic heterocycles. The molecule has 0 radical (unpaired) electrons. The molecule has 0 aromatic heterocycles. The van der Waals surface area contributed by atoms with Gasteiger partial charge in [-0.15, -0.1) is 0 Å². The van der Waals surface area contributed by atoms with Gasteiger partial charge in [-0.05, 0) is 37.6 Å². The summed E-state index contributed by atoms with van der Waals surface area (Å²) in [4.78, 5) is 23.9. The van der Waals surface area contributed by atoms with Crippen molar-refractivity contribution < 1.29 is 14.3 Å². The van der Waals surface area contributed by atoms with Crippen molar-refractivity contribution in [1.82, 2.24) is 0 Å². The SMILES string of the molecule is CC(C)OC(=O)c1cccc(NC(=O)Cc2ccccc2)c1. The molecule has 2 rings (SSSR count). The van der Waals surface area contributed by atoms with Crippen molar-refractivity contribution in [3.05, 3.63) is 65.7 Å². The second-order valence-electron chi connectivity index (χ2n) is 5.25. The smallest absolute Gasteiger partial charge is 0.338 e. The third-order valence-corrected chi connectivity index (χ3v) is 2.93. The third kappa shape index (κ3) is 4.74. The molecule has 22 heavy (non-hydrogen) atoms. The van der Waals surface area contributed by atoms with Gasteiger partial charge in [-0.2, -0.15) is 0 Å². The first-order chi connectivity index (χ1) is 10.5. The van der Waals surface area contributed by atoms with Crippen LogP contribution >= 0.6 is 0 Å². The Kier molecular flexibility index (Phi) is 5.31. The lowest BCUT2D eigenvalue weighted by Gasteiger charge is -2.10. The molecular formula is C18H19NO3. The van der Waals surface area contributed by atoms with Crippen LogP contribution in [0.15, 0.2) is 54.6 Å². The number of rotatable bonds is 5. The maximum absolute atomic E-state index is 12.0. The predicted molar refractivity (Wildman–Crippen MR) is 85.8 cm³/mol. The van der Waals surface area contributed by atoms with Crippen LogP contribution in [0.2, 0.25) is 0 Å². The van der Waals surface area contributed by atoms with E-state index in [0.29, 0.717) is 17.7 Å². The van der Waals surface area contributed by atoms with Gasteiger partial charge in [0.15, 0.2) is 0 Å². The number of amides is 1. The van der Waals surface area contributed by atoms with E-state index in [-0.39, 0.29) is 12.0 Å². The average molecular weight is 297 g/mol. The minimum absolute atomic E-state index is 0.124. The Morgan fingerprint density at radius 1 is 1.05 bits per heavy atom. The van der Waals surface area contributed by atoms with Gasteiger partial charge in [-0.3, -0.25) is 4.79 Å². The van der Waals surface area contributed by atoms with Crippen LogP contribution in [-0.4, -0.2) is 18.0 Å². The van der Waals surface area contributed by atoms with Crippen molar-refractivity contribution in [1.29, 1.82) is 0 Å². The van der Waals surface area contributed by atoms with Crippen LogP contribution < -0.4 is 5.32 Å². The molecule has 0 heterocycles. The molecule has 0 fully saturated rings. The van der Waals surface area contributed by atoms with Crippen molar-refractivity contribution in [2.24, 2.45) is 0 Å². The summed E-state index contributed by atoms with van der Waals surface area (Å²) >= 11 is 0. The van der Waals surface area contributed by atoms with Crippen molar-refractivity contribution in [3.63, 3.8) is 0 Å². The van der Waals surface area contributed by atoms with Gasteiger partial charge in [-0.1, -0.05) is 36.4 Å². The fourth-order valence-electron chi connectivity index (χ4n) is 1.99. The monoisotopic (exact) mass is 297 g/mol. The third-order valence-electron chi connectivity index (χ3n) is 2.93. The molecule has 4 heteroatoms. The Morgan fingerprint density at radius 3 is 2.45 bits per heavy atom. The summed E-state index contributed by atoms with van der Waals surface area (Å²) in [6, 6.07) is 16.2.